The molecule has 0 amide bonds. The highest BCUT2D eigenvalue weighted by Crippen LogP contribution is 2.28. The maximum absolute atomic E-state index is 5.44. The zero-order valence-corrected chi connectivity index (χ0v) is 18.0. The van der Waals surface area contributed by atoms with Crippen molar-refractivity contribution in [1.82, 2.24) is 14.8 Å². The Morgan fingerprint density at radius 3 is 2.06 bits per heavy atom. The van der Waals surface area contributed by atoms with Gasteiger partial charge in [0.25, 0.3) is 0 Å². The van der Waals surface area contributed by atoms with Gasteiger partial charge in [-0.1, -0.05) is 36.4 Å². The van der Waals surface area contributed by atoms with Gasteiger partial charge in [-0.25, -0.2) is 9.67 Å². The van der Waals surface area contributed by atoms with Crippen LogP contribution in [0.1, 0.15) is 5.56 Å². The molecule has 0 unspecified atom stereocenters. The molecule has 4 aromatic rings. The van der Waals surface area contributed by atoms with E-state index in [1.165, 1.54) is 27.3 Å². The molecular weight excluding hydrogens is 404 g/mol. The molecule has 1 aliphatic rings. The van der Waals surface area contributed by atoms with E-state index in [2.05, 4.69) is 87.8 Å². The molecule has 1 saturated heterocycles. The van der Waals surface area contributed by atoms with E-state index in [0.29, 0.717) is 0 Å². The molecule has 1 aliphatic heterocycles. The van der Waals surface area contributed by atoms with Crippen LogP contribution in [0.5, 0.6) is 0 Å². The topological polar surface area (TPSA) is 43.2 Å². The minimum Gasteiger partial charge on any atom is -0.378 e. The molecule has 0 saturated carbocycles. The zero-order valence-electron chi connectivity index (χ0n) is 17.2. The third-order valence-corrected chi connectivity index (χ3v) is 6.54. The van der Waals surface area contributed by atoms with E-state index < -0.39 is 0 Å². The molecule has 0 spiro atoms. The fourth-order valence-corrected chi connectivity index (χ4v) is 4.54. The lowest BCUT2D eigenvalue weighted by molar-refractivity contribution is 0.122. The van der Waals surface area contributed by atoms with Crippen LogP contribution in [-0.2, 0) is 10.5 Å². The van der Waals surface area contributed by atoms with Crippen LogP contribution >= 0.6 is 11.8 Å². The summed E-state index contributed by atoms with van der Waals surface area (Å²) in [7, 11) is 0. The Labute approximate surface area is 186 Å². The molecule has 0 radical (unpaired) electrons. The van der Waals surface area contributed by atoms with Crippen molar-refractivity contribution in [3.8, 4) is 16.8 Å². The highest BCUT2D eigenvalue weighted by molar-refractivity contribution is 7.98. The minimum absolute atomic E-state index is 0.812. The van der Waals surface area contributed by atoms with Gasteiger partial charge < -0.3 is 9.64 Å². The number of aromatic nitrogens is 3. The fourth-order valence-electron chi connectivity index (χ4n) is 3.68. The Balaban J connectivity index is 1.19. The molecule has 1 aromatic heterocycles. The summed E-state index contributed by atoms with van der Waals surface area (Å²) < 4.78 is 7.21. The highest BCUT2D eigenvalue weighted by Gasteiger charge is 2.11. The maximum Gasteiger partial charge on any atom is 0.138 e. The van der Waals surface area contributed by atoms with E-state index in [0.717, 1.165) is 37.7 Å². The summed E-state index contributed by atoms with van der Waals surface area (Å²) >= 11 is 1.85. The molecular formula is C25H24N4OS. The first-order valence-electron chi connectivity index (χ1n) is 10.5. The molecule has 5 rings (SSSR count). The second-order valence-corrected chi connectivity index (χ2v) is 8.51. The molecule has 0 atom stereocenters. The van der Waals surface area contributed by atoms with Gasteiger partial charge >= 0.3 is 0 Å². The normalized spacial score (nSPS) is 14.0. The molecule has 3 aromatic carbocycles. The van der Waals surface area contributed by atoms with Crippen molar-refractivity contribution in [2.45, 2.75) is 10.6 Å². The lowest BCUT2D eigenvalue weighted by Crippen LogP contribution is -2.36. The van der Waals surface area contributed by atoms with Gasteiger partial charge in [0, 0.05) is 29.4 Å². The molecule has 0 bridgehead atoms. The Bertz CT molecular complexity index is 1090. The molecule has 2 heterocycles. The van der Waals surface area contributed by atoms with Gasteiger partial charge in [0.05, 0.1) is 18.9 Å². The van der Waals surface area contributed by atoms with Crippen LogP contribution in [0.4, 0.5) is 5.69 Å². The molecule has 31 heavy (non-hydrogen) atoms. The van der Waals surface area contributed by atoms with Gasteiger partial charge in [-0.05, 0) is 53.1 Å². The van der Waals surface area contributed by atoms with Crippen molar-refractivity contribution in [2.24, 2.45) is 0 Å². The monoisotopic (exact) mass is 428 g/mol. The first kappa shape index (κ1) is 19.8. The number of hydrogen-bond acceptors (Lipinski definition) is 5. The number of morpholine rings is 1. The number of nitrogens with zero attached hydrogens (tertiary/aromatic N) is 4. The smallest absolute Gasteiger partial charge is 0.138 e. The third kappa shape index (κ3) is 4.81. The number of ether oxygens (including phenoxy) is 1. The van der Waals surface area contributed by atoms with Crippen LogP contribution < -0.4 is 4.90 Å². The second kappa shape index (κ2) is 9.37. The summed E-state index contributed by atoms with van der Waals surface area (Å²) in [4.78, 5) is 7.65. The second-order valence-electron chi connectivity index (χ2n) is 7.47. The van der Waals surface area contributed by atoms with Gasteiger partial charge in [0.1, 0.15) is 12.7 Å². The largest absolute Gasteiger partial charge is 0.378 e. The van der Waals surface area contributed by atoms with Gasteiger partial charge in [0.15, 0.2) is 0 Å². The summed E-state index contributed by atoms with van der Waals surface area (Å²) in [5.41, 5.74) is 6.08. The molecule has 6 heteroatoms. The lowest BCUT2D eigenvalue weighted by Gasteiger charge is -2.28. The standard InChI is InChI=1S/C25H24N4OS/c1-7-24(29-19-26-18-27-29)8-2-20(1)17-31-25-11-5-22(6-12-25)21-3-9-23(10-4-21)28-13-15-30-16-14-28/h1-12,18-19H,13-17H2. The van der Waals surface area contributed by atoms with Gasteiger partial charge in [-0.3, -0.25) is 0 Å². The van der Waals surface area contributed by atoms with Gasteiger partial charge in [0.2, 0.25) is 0 Å². The quantitative estimate of drug-likeness (QED) is 0.402. The SMILES string of the molecule is c1ncn(-c2ccc(CSc3ccc(-c4ccc(N5CCOCC5)cc4)cc3)cc2)n1. The van der Waals surface area contributed by atoms with Gasteiger partial charge in [-0.2, -0.15) is 5.10 Å². The van der Waals surface area contributed by atoms with E-state index in [4.69, 9.17) is 4.74 Å². The summed E-state index contributed by atoms with van der Waals surface area (Å²) in [6.07, 6.45) is 3.26. The average Bonchev–Trinajstić information content (AvgIpc) is 3.39. The predicted octanol–water partition coefficient (Wildman–Crippen LogP) is 5.06. The molecule has 0 aliphatic carbocycles. The van der Waals surface area contributed by atoms with E-state index in [9.17, 15) is 0 Å². The highest BCUT2D eigenvalue weighted by atomic mass is 32.2. The third-order valence-electron chi connectivity index (χ3n) is 5.46. The number of rotatable bonds is 6. The Hall–Kier alpha value is -3.09. The summed E-state index contributed by atoms with van der Waals surface area (Å²) in [6.45, 7) is 3.56. The number of hydrogen-bond donors (Lipinski definition) is 0. The molecule has 5 nitrogen and oxygen atoms in total. The van der Waals surface area contributed by atoms with Crippen molar-refractivity contribution < 1.29 is 4.74 Å². The van der Waals surface area contributed by atoms with Crippen molar-refractivity contribution in [3.63, 3.8) is 0 Å². The average molecular weight is 429 g/mol. The van der Waals surface area contributed by atoms with E-state index in [-0.39, 0.29) is 0 Å². The van der Waals surface area contributed by atoms with Crippen LogP contribution in [-0.4, -0.2) is 41.1 Å². The van der Waals surface area contributed by atoms with Crippen LogP contribution in [0.15, 0.2) is 90.3 Å². The number of benzene rings is 3. The zero-order chi connectivity index (χ0) is 20.9. The van der Waals surface area contributed by atoms with Crippen molar-refractivity contribution in [2.75, 3.05) is 31.2 Å². The summed E-state index contributed by atoms with van der Waals surface area (Å²) in [6, 6.07) is 26.1. The minimum atomic E-state index is 0.812. The van der Waals surface area contributed by atoms with Crippen molar-refractivity contribution in [3.05, 3.63) is 91.0 Å². The first-order chi connectivity index (χ1) is 15.3. The Morgan fingerprint density at radius 1 is 0.774 bits per heavy atom. The number of anilines is 1. The Morgan fingerprint density at radius 2 is 1.42 bits per heavy atom. The predicted molar refractivity (Wildman–Crippen MR) is 126 cm³/mol. The van der Waals surface area contributed by atoms with E-state index in [1.807, 2.05) is 11.8 Å². The molecule has 0 N–H and O–H groups in total. The number of thioether (sulfide) groups is 1. The van der Waals surface area contributed by atoms with Crippen LogP contribution in [0.25, 0.3) is 16.8 Å². The van der Waals surface area contributed by atoms with Crippen LogP contribution in [0.3, 0.4) is 0 Å². The van der Waals surface area contributed by atoms with Crippen LogP contribution in [0, 0.1) is 0 Å². The molecule has 156 valence electrons. The maximum atomic E-state index is 5.44. The molecule has 1 fully saturated rings. The van der Waals surface area contributed by atoms with E-state index >= 15 is 0 Å². The van der Waals surface area contributed by atoms with Crippen molar-refractivity contribution >= 4 is 17.4 Å². The summed E-state index contributed by atoms with van der Waals surface area (Å²) in [5, 5.41) is 4.16. The lowest BCUT2D eigenvalue weighted by atomic mass is 10.1. The van der Waals surface area contributed by atoms with Crippen LogP contribution in [0.2, 0.25) is 0 Å². The van der Waals surface area contributed by atoms with Crippen molar-refractivity contribution in [1.29, 1.82) is 0 Å². The Kier molecular flexibility index (Phi) is 6.00. The van der Waals surface area contributed by atoms with E-state index in [1.54, 1.807) is 17.3 Å². The first-order valence-corrected chi connectivity index (χ1v) is 11.4. The fraction of sp³-hybridized carbons (Fsp3) is 0.200. The van der Waals surface area contributed by atoms with Gasteiger partial charge in [-0.15, -0.1) is 11.8 Å². The summed E-state index contributed by atoms with van der Waals surface area (Å²) in [5.74, 6) is 0.936.